The van der Waals surface area contributed by atoms with Gasteiger partial charge in [-0.25, -0.2) is 15.0 Å². The third-order valence-electron chi connectivity index (χ3n) is 18.0. The SMILES string of the molecule is N#Cc1ccc(-c2ccc(-n3c4ccccc4c4c3ccc3c5ccccc5n(-c5ccccc5)c34)c(-c3ccc(-n4c5ccccc5c5c4ccc4c6ccccc6n(-c6ccccc6)c45)c(-c4nc(-c5ccccc5)nc(-c5ccccc5)n4)c3)c2)cc1. The van der Waals surface area contributed by atoms with Crippen LogP contribution in [-0.2, 0) is 0 Å². The first-order valence-corrected chi connectivity index (χ1v) is 30.3. The van der Waals surface area contributed by atoms with Crippen molar-refractivity contribution in [2.45, 2.75) is 0 Å². The summed E-state index contributed by atoms with van der Waals surface area (Å²) in [5.74, 6) is 1.67. The molecule has 5 heterocycles. The molecule has 0 atom stereocenters. The Labute approximate surface area is 516 Å². The van der Waals surface area contributed by atoms with E-state index in [1.807, 2.05) is 60.7 Å². The average Bonchev–Trinajstić information content (AvgIpc) is 1.56. The monoisotopic (exact) mass is 1150 g/mol. The summed E-state index contributed by atoms with van der Waals surface area (Å²) in [7, 11) is 0. The Kier molecular flexibility index (Phi) is 11.5. The van der Waals surface area contributed by atoms with Crippen molar-refractivity contribution in [2.24, 2.45) is 0 Å². The summed E-state index contributed by atoms with van der Waals surface area (Å²) in [6, 6.07) is 110. The Bertz CT molecular complexity index is 5890. The van der Waals surface area contributed by atoms with Gasteiger partial charge in [-0.15, -0.1) is 0 Å². The van der Waals surface area contributed by atoms with E-state index in [0.29, 0.717) is 23.0 Å². The zero-order valence-corrected chi connectivity index (χ0v) is 48.4. The zero-order chi connectivity index (χ0) is 59.4. The van der Waals surface area contributed by atoms with Gasteiger partial charge < -0.3 is 18.3 Å². The van der Waals surface area contributed by atoms with Crippen molar-refractivity contribution in [3.63, 3.8) is 0 Å². The van der Waals surface area contributed by atoms with Gasteiger partial charge in [0.1, 0.15) is 0 Å². The van der Waals surface area contributed by atoms with Crippen LogP contribution in [0.5, 0.6) is 0 Å². The van der Waals surface area contributed by atoms with E-state index >= 15 is 0 Å². The first-order chi connectivity index (χ1) is 44.6. The maximum atomic E-state index is 9.95. The molecule has 8 nitrogen and oxygen atoms in total. The van der Waals surface area contributed by atoms with Gasteiger partial charge in [-0.05, 0) is 114 Å². The minimum atomic E-state index is 0.530. The van der Waals surface area contributed by atoms with Crippen LogP contribution in [0.3, 0.4) is 0 Å². The lowest BCUT2D eigenvalue weighted by molar-refractivity contribution is 1.06. The highest BCUT2D eigenvalue weighted by Crippen LogP contribution is 2.47. The summed E-state index contributed by atoms with van der Waals surface area (Å²) in [5, 5.41) is 19.3. The number of nitrogens with zero attached hydrogens (tertiary/aromatic N) is 8. The molecule has 0 spiro atoms. The van der Waals surface area contributed by atoms with Crippen LogP contribution >= 0.6 is 0 Å². The highest BCUT2D eigenvalue weighted by Gasteiger charge is 2.27. The lowest BCUT2D eigenvalue weighted by Crippen LogP contribution is -2.04. The van der Waals surface area contributed by atoms with Crippen LogP contribution in [0.2, 0.25) is 0 Å². The van der Waals surface area contributed by atoms with Gasteiger partial charge in [0, 0.05) is 76.7 Å². The number of hydrogen-bond acceptors (Lipinski definition) is 4. The third-order valence-corrected chi connectivity index (χ3v) is 18.0. The van der Waals surface area contributed by atoms with Crippen molar-refractivity contribution in [1.29, 1.82) is 5.26 Å². The molecule has 0 aliphatic carbocycles. The maximum Gasteiger partial charge on any atom is 0.166 e. The van der Waals surface area contributed by atoms with Crippen molar-refractivity contribution in [1.82, 2.24) is 33.2 Å². The van der Waals surface area contributed by atoms with Gasteiger partial charge >= 0.3 is 0 Å². The van der Waals surface area contributed by atoms with Gasteiger partial charge in [-0.2, -0.15) is 5.26 Å². The molecular formula is C82H50N8. The number of benzene rings is 13. The van der Waals surface area contributed by atoms with Crippen LogP contribution in [0.1, 0.15) is 5.56 Å². The Morgan fingerprint density at radius 3 is 1.11 bits per heavy atom. The van der Waals surface area contributed by atoms with Crippen molar-refractivity contribution in [3.05, 3.63) is 309 Å². The third kappa shape index (κ3) is 7.83. The van der Waals surface area contributed by atoms with E-state index < -0.39 is 0 Å². The van der Waals surface area contributed by atoms with E-state index in [1.54, 1.807) is 0 Å². The molecule has 13 aromatic carbocycles. The first kappa shape index (κ1) is 50.8. The molecule has 0 amide bonds. The largest absolute Gasteiger partial charge is 0.309 e. The van der Waals surface area contributed by atoms with E-state index in [2.05, 4.69) is 267 Å². The second kappa shape index (κ2) is 20.3. The number of para-hydroxylation sites is 6. The lowest BCUT2D eigenvalue weighted by Gasteiger charge is -2.19. The van der Waals surface area contributed by atoms with Gasteiger partial charge in [-0.3, -0.25) is 0 Å². The minimum absolute atomic E-state index is 0.530. The minimum Gasteiger partial charge on any atom is -0.309 e. The molecule has 5 aromatic heterocycles. The van der Waals surface area contributed by atoms with Crippen LogP contribution in [0, 0.1) is 11.3 Å². The molecule has 0 saturated carbocycles. The predicted octanol–water partition coefficient (Wildman–Crippen LogP) is 20.5. The van der Waals surface area contributed by atoms with E-state index in [1.165, 1.54) is 26.9 Å². The second-order valence-electron chi connectivity index (χ2n) is 23.0. The molecule has 0 N–H and O–H groups in total. The summed E-state index contributed by atoms with van der Waals surface area (Å²) in [5.41, 5.74) is 20.1. The van der Waals surface area contributed by atoms with Gasteiger partial charge in [0.25, 0.3) is 0 Å². The summed E-state index contributed by atoms with van der Waals surface area (Å²) in [6.45, 7) is 0. The van der Waals surface area contributed by atoms with Crippen LogP contribution in [0.4, 0.5) is 0 Å². The van der Waals surface area contributed by atoms with Crippen molar-refractivity contribution in [2.75, 3.05) is 0 Å². The summed E-state index contributed by atoms with van der Waals surface area (Å²) < 4.78 is 9.74. The summed E-state index contributed by atoms with van der Waals surface area (Å²) >= 11 is 0. The second-order valence-corrected chi connectivity index (χ2v) is 23.0. The van der Waals surface area contributed by atoms with Gasteiger partial charge in [0.15, 0.2) is 17.5 Å². The van der Waals surface area contributed by atoms with E-state index in [-0.39, 0.29) is 0 Å². The molecule has 0 radical (unpaired) electrons. The molecule has 418 valence electrons. The molecule has 0 unspecified atom stereocenters. The zero-order valence-electron chi connectivity index (χ0n) is 48.4. The molecule has 0 bridgehead atoms. The van der Waals surface area contributed by atoms with Crippen LogP contribution in [0.25, 0.3) is 166 Å². The smallest absolute Gasteiger partial charge is 0.166 e. The standard InChI is InChI=1S/C82H50N8/c83-51-52-37-39-53(40-38-52)56-41-45-72(89-70-35-19-15-31-64(70)76-74(89)47-43-62-60-29-13-17-33-68(60)87(78(62)76)58-25-9-3-10-26-58)66(49-56)57-42-46-73(67(50-57)82-85-80(54-21-5-1-6-22-54)84-81(86-82)55-23-7-2-8-24-55)90-71-36-20-16-32-65(71)77-75(90)48-44-63-61-30-14-18-34-69(61)88(79(63)77)59-27-11-4-12-28-59/h1-50H. The first-order valence-electron chi connectivity index (χ1n) is 30.3. The van der Waals surface area contributed by atoms with Gasteiger partial charge in [-0.1, -0.05) is 206 Å². The highest BCUT2D eigenvalue weighted by molar-refractivity contribution is 6.28. The average molecular weight is 1150 g/mol. The molecule has 18 aromatic rings. The molecule has 18 rings (SSSR count). The van der Waals surface area contributed by atoms with Gasteiger partial charge in [0.2, 0.25) is 0 Å². The fraction of sp³-hybridized carbons (Fsp3) is 0. The number of nitriles is 1. The Balaban J connectivity index is 0.960. The molecule has 0 saturated heterocycles. The summed E-state index contributed by atoms with van der Waals surface area (Å²) in [6.07, 6.45) is 0. The normalized spacial score (nSPS) is 11.8. The number of aromatic nitrogens is 7. The Hall–Kier alpha value is -12.4. The predicted molar refractivity (Wildman–Crippen MR) is 369 cm³/mol. The quantitative estimate of drug-likeness (QED) is 0.144. The molecule has 0 fully saturated rings. The van der Waals surface area contributed by atoms with E-state index in [0.717, 1.165) is 122 Å². The number of rotatable bonds is 9. The Morgan fingerprint density at radius 1 is 0.256 bits per heavy atom. The van der Waals surface area contributed by atoms with E-state index in [4.69, 9.17) is 15.0 Å². The molecule has 90 heavy (non-hydrogen) atoms. The fourth-order valence-electron chi connectivity index (χ4n) is 14.1. The maximum absolute atomic E-state index is 9.95. The number of fused-ring (bicyclic) bond motifs is 14. The van der Waals surface area contributed by atoms with Crippen molar-refractivity contribution >= 4 is 87.2 Å². The van der Waals surface area contributed by atoms with Crippen LogP contribution < -0.4 is 0 Å². The Morgan fingerprint density at radius 2 is 0.633 bits per heavy atom. The lowest BCUT2D eigenvalue weighted by atomic mass is 9.94. The number of hydrogen-bond donors (Lipinski definition) is 0. The van der Waals surface area contributed by atoms with Crippen LogP contribution in [0.15, 0.2) is 303 Å². The van der Waals surface area contributed by atoms with Crippen LogP contribution in [-0.4, -0.2) is 33.2 Å². The molecule has 8 heteroatoms. The van der Waals surface area contributed by atoms with Gasteiger partial charge in [0.05, 0.1) is 67.1 Å². The fourth-order valence-corrected chi connectivity index (χ4v) is 14.1. The molecule has 0 aliphatic rings. The molecule has 0 aliphatic heterocycles. The topological polar surface area (TPSA) is 82.2 Å². The summed E-state index contributed by atoms with van der Waals surface area (Å²) in [4.78, 5) is 16.3. The molecular weight excluding hydrogens is 1100 g/mol. The van der Waals surface area contributed by atoms with Crippen molar-refractivity contribution < 1.29 is 0 Å². The van der Waals surface area contributed by atoms with E-state index in [9.17, 15) is 5.26 Å². The highest BCUT2D eigenvalue weighted by atomic mass is 15.1. The van der Waals surface area contributed by atoms with Crippen molar-refractivity contribution in [3.8, 4) is 85.2 Å².